The maximum Gasteiger partial charge on any atom is 0.264 e. The third-order valence-electron chi connectivity index (χ3n) is 5.04. The fraction of sp³-hybridized carbons (Fsp3) is 0.529. The van der Waals surface area contributed by atoms with E-state index in [0.29, 0.717) is 12.3 Å². The van der Waals surface area contributed by atoms with Crippen LogP contribution in [0.1, 0.15) is 49.7 Å². The number of hydrogen-bond acceptors (Lipinski definition) is 6. The van der Waals surface area contributed by atoms with Crippen molar-refractivity contribution in [2.24, 2.45) is 5.16 Å². The molecule has 1 amide bonds. The Morgan fingerprint density at radius 3 is 2.52 bits per heavy atom. The number of amides is 1. The van der Waals surface area contributed by atoms with Crippen LogP contribution >= 0.6 is 0 Å². The smallest absolute Gasteiger partial charge is 0.264 e. The zero-order chi connectivity index (χ0) is 18.2. The van der Waals surface area contributed by atoms with Crippen molar-refractivity contribution in [2.75, 3.05) is 6.26 Å². The lowest BCUT2D eigenvalue weighted by Gasteiger charge is -2.26. The first kappa shape index (κ1) is 17.9. The van der Waals surface area contributed by atoms with Crippen LogP contribution in [0.5, 0.6) is 0 Å². The van der Waals surface area contributed by atoms with Gasteiger partial charge in [-0.1, -0.05) is 29.4 Å². The number of sulfone groups is 1. The highest BCUT2D eigenvalue weighted by Crippen LogP contribution is 2.40. The number of hydroxylamine groups is 1. The molecule has 0 spiro atoms. The minimum Gasteiger partial charge on any atom is -0.392 e. The number of nitrogens with zero attached hydrogens (tertiary/aromatic N) is 1. The van der Waals surface area contributed by atoms with Crippen molar-refractivity contribution >= 4 is 21.5 Å². The third-order valence-corrected chi connectivity index (χ3v) is 7.03. The van der Waals surface area contributed by atoms with E-state index in [1.165, 1.54) is 30.8 Å². The van der Waals surface area contributed by atoms with Crippen LogP contribution < -0.4 is 5.48 Å². The molecule has 1 aliphatic carbocycles. The fourth-order valence-corrected chi connectivity index (χ4v) is 3.91. The number of benzene rings is 1. The zero-order valence-electron chi connectivity index (χ0n) is 14.2. The molecule has 0 bridgehead atoms. The van der Waals surface area contributed by atoms with Crippen molar-refractivity contribution in [3.63, 3.8) is 0 Å². The lowest BCUT2D eigenvalue weighted by molar-refractivity contribution is -0.132. The van der Waals surface area contributed by atoms with E-state index in [4.69, 9.17) is 10.0 Å². The Labute approximate surface area is 146 Å². The SMILES string of the molecule is CC(CC1CC(c2ccc(C3CC3)cc2)=NO1)(C(=O)NO)S(C)(=O)=O. The maximum absolute atomic E-state index is 12.0. The molecule has 1 fully saturated rings. The molecule has 1 heterocycles. The van der Waals surface area contributed by atoms with Crippen molar-refractivity contribution in [1.82, 2.24) is 5.48 Å². The van der Waals surface area contributed by atoms with E-state index in [1.807, 2.05) is 12.1 Å². The summed E-state index contributed by atoms with van der Waals surface area (Å²) in [6.45, 7) is 1.28. The molecule has 2 aliphatic rings. The fourth-order valence-electron chi connectivity index (χ4n) is 3.04. The van der Waals surface area contributed by atoms with Gasteiger partial charge in [0.25, 0.3) is 5.91 Å². The largest absolute Gasteiger partial charge is 0.392 e. The summed E-state index contributed by atoms with van der Waals surface area (Å²) < 4.78 is 22.3. The van der Waals surface area contributed by atoms with Gasteiger partial charge >= 0.3 is 0 Å². The van der Waals surface area contributed by atoms with Crippen molar-refractivity contribution in [2.45, 2.75) is 49.4 Å². The average molecular weight is 366 g/mol. The Morgan fingerprint density at radius 2 is 2.00 bits per heavy atom. The lowest BCUT2D eigenvalue weighted by atomic mass is 9.96. The van der Waals surface area contributed by atoms with E-state index in [2.05, 4.69) is 17.3 Å². The van der Waals surface area contributed by atoms with Gasteiger partial charge in [-0.2, -0.15) is 0 Å². The highest BCUT2D eigenvalue weighted by atomic mass is 32.2. The second-order valence-corrected chi connectivity index (χ2v) is 9.46. The van der Waals surface area contributed by atoms with Crippen LogP contribution in [0.25, 0.3) is 0 Å². The minimum atomic E-state index is -3.76. The summed E-state index contributed by atoms with van der Waals surface area (Å²) in [5.41, 5.74) is 4.42. The molecule has 1 saturated carbocycles. The number of oxime groups is 1. The molecular weight excluding hydrogens is 344 g/mol. The topological polar surface area (TPSA) is 105 Å². The predicted octanol–water partition coefficient (Wildman–Crippen LogP) is 1.76. The van der Waals surface area contributed by atoms with Crippen LogP contribution in [0.2, 0.25) is 0 Å². The van der Waals surface area contributed by atoms with Gasteiger partial charge in [0.05, 0.1) is 5.71 Å². The van der Waals surface area contributed by atoms with Crippen LogP contribution in [0.15, 0.2) is 29.4 Å². The quantitative estimate of drug-likeness (QED) is 0.589. The van der Waals surface area contributed by atoms with E-state index >= 15 is 0 Å². The van der Waals surface area contributed by atoms with Crippen molar-refractivity contribution < 1.29 is 23.3 Å². The monoisotopic (exact) mass is 366 g/mol. The standard InChI is InChI=1S/C17H22N2O5S/c1-17(16(20)18-21,25(2,22)23)10-14-9-15(19-24-14)13-7-5-12(6-8-13)11-3-4-11/h5-8,11,14,21H,3-4,9-10H2,1-2H3,(H,18,20). The molecule has 1 aliphatic heterocycles. The molecule has 2 atom stereocenters. The summed E-state index contributed by atoms with van der Waals surface area (Å²) in [6.07, 6.45) is 3.22. The molecule has 3 rings (SSSR count). The molecule has 0 aromatic heterocycles. The third kappa shape index (κ3) is 3.55. The first-order chi connectivity index (χ1) is 11.7. The molecular formula is C17H22N2O5S. The Hall–Kier alpha value is -1.93. The molecule has 25 heavy (non-hydrogen) atoms. The van der Waals surface area contributed by atoms with Gasteiger partial charge in [0, 0.05) is 19.1 Å². The number of rotatable bonds is 6. The summed E-state index contributed by atoms with van der Waals surface area (Å²) in [6, 6.07) is 8.16. The molecule has 0 saturated heterocycles. The van der Waals surface area contributed by atoms with Gasteiger partial charge in [-0.05, 0) is 36.8 Å². The highest BCUT2D eigenvalue weighted by molar-refractivity contribution is 7.92. The van der Waals surface area contributed by atoms with Gasteiger partial charge in [-0.15, -0.1) is 0 Å². The van der Waals surface area contributed by atoms with E-state index in [0.717, 1.165) is 17.5 Å². The Balaban J connectivity index is 1.69. The van der Waals surface area contributed by atoms with Crippen molar-refractivity contribution in [3.8, 4) is 0 Å². The second-order valence-electron chi connectivity index (χ2n) is 7.01. The average Bonchev–Trinajstić information content (AvgIpc) is 3.33. The van der Waals surface area contributed by atoms with Crippen LogP contribution in [-0.4, -0.2) is 42.4 Å². The number of hydrogen-bond donors (Lipinski definition) is 2. The maximum atomic E-state index is 12.0. The zero-order valence-corrected chi connectivity index (χ0v) is 15.0. The second kappa shape index (κ2) is 6.42. The van der Waals surface area contributed by atoms with Crippen LogP contribution in [0, 0.1) is 0 Å². The van der Waals surface area contributed by atoms with Gasteiger partial charge < -0.3 is 4.84 Å². The predicted molar refractivity (Wildman–Crippen MR) is 92.2 cm³/mol. The molecule has 136 valence electrons. The summed E-state index contributed by atoms with van der Waals surface area (Å²) in [5, 5.41) is 12.9. The van der Waals surface area contributed by atoms with E-state index in [9.17, 15) is 13.2 Å². The number of carbonyl (C=O) groups excluding carboxylic acids is 1. The Kier molecular flexibility index (Phi) is 4.59. The minimum absolute atomic E-state index is 0.0919. The van der Waals surface area contributed by atoms with Gasteiger partial charge in [-0.25, -0.2) is 13.9 Å². The molecule has 0 radical (unpaired) electrons. The summed E-state index contributed by atoms with van der Waals surface area (Å²) in [4.78, 5) is 17.3. The summed E-state index contributed by atoms with van der Waals surface area (Å²) in [5.74, 6) is -0.295. The summed E-state index contributed by atoms with van der Waals surface area (Å²) >= 11 is 0. The van der Waals surface area contributed by atoms with Gasteiger partial charge in [0.1, 0.15) is 6.10 Å². The van der Waals surface area contributed by atoms with Gasteiger partial charge in [-0.3, -0.25) is 10.0 Å². The molecule has 7 nitrogen and oxygen atoms in total. The Morgan fingerprint density at radius 1 is 1.36 bits per heavy atom. The molecule has 1 aromatic rings. The van der Waals surface area contributed by atoms with E-state index in [1.54, 1.807) is 0 Å². The molecule has 2 N–H and O–H groups in total. The van der Waals surface area contributed by atoms with Crippen LogP contribution in [-0.2, 0) is 19.5 Å². The molecule has 2 unspecified atom stereocenters. The number of carbonyl (C=O) groups is 1. The van der Waals surface area contributed by atoms with Gasteiger partial charge in [0.15, 0.2) is 14.6 Å². The van der Waals surface area contributed by atoms with Crippen molar-refractivity contribution in [3.05, 3.63) is 35.4 Å². The summed E-state index contributed by atoms with van der Waals surface area (Å²) in [7, 11) is -3.76. The lowest BCUT2D eigenvalue weighted by Crippen LogP contribution is -2.51. The highest BCUT2D eigenvalue weighted by Gasteiger charge is 2.47. The normalized spacial score (nSPS) is 22.7. The van der Waals surface area contributed by atoms with E-state index in [-0.39, 0.29) is 6.42 Å². The molecule has 1 aromatic carbocycles. The Bertz CT molecular complexity index is 799. The first-order valence-electron chi connectivity index (χ1n) is 8.22. The van der Waals surface area contributed by atoms with Crippen LogP contribution in [0.4, 0.5) is 0 Å². The molecule has 8 heteroatoms. The first-order valence-corrected chi connectivity index (χ1v) is 10.1. The van der Waals surface area contributed by atoms with E-state index < -0.39 is 26.6 Å². The van der Waals surface area contributed by atoms with Crippen LogP contribution in [0.3, 0.4) is 0 Å². The number of nitrogens with one attached hydrogen (secondary N) is 1. The van der Waals surface area contributed by atoms with Crippen molar-refractivity contribution in [1.29, 1.82) is 0 Å². The van der Waals surface area contributed by atoms with Gasteiger partial charge in [0.2, 0.25) is 0 Å².